The Bertz CT molecular complexity index is 456. The summed E-state index contributed by atoms with van der Waals surface area (Å²) in [7, 11) is 0. The van der Waals surface area contributed by atoms with Crippen LogP contribution in [0.15, 0.2) is 24.3 Å². The summed E-state index contributed by atoms with van der Waals surface area (Å²) in [5.41, 5.74) is 1.64. The molecule has 1 aromatic carbocycles. The maximum Gasteiger partial charge on any atom is 0.326 e. The fourth-order valence-corrected chi connectivity index (χ4v) is 2.24. The average Bonchev–Trinajstić information content (AvgIpc) is 2.30. The Balaban J connectivity index is 2.42. The number of rotatable bonds is 2. The Labute approximate surface area is 99.9 Å². The predicted octanol–water partition coefficient (Wildman–Crippen LogP) is 1.97. The Morgan fingerprint density at radius 1 is 1.41 bits per heavy atom. The molecular weight excluding hydrogens is 218 g/mol. The quantitative estimate of drug-likeness (QED) is 0.849. The molecule has 0 aromatic heterocycles. The lowest BCUT2D eigenvalue weighted by atomic mass is 9.99. The minimum absolute atomic E-state index is 0.0991. The number of aliphatic carboxylic acids is 1. The van der Waals surface area contributed by atoms with Crippen LogP contribution in [0.3, 0.4) is 0 Å². The molecule has 1 atom stereocenters. The van der Waals surface area contributed by atoms with Gasteiger partial charge in [-0.1, -0.05) is 18.2 Å². The zero-order valence-corrected chi connectivity index (χ0v) is 9.72. The first-order valence-electron chi connectivity index (χ1n) is 5.72. The second kappa shape index (κ2) is 4.57. The van der Waals surface area contributed by atoms with Crippen LogP contribution >= 0.6 is 0 Å². The van der Waals surface area contributed by atoms with Gasteiger partial charge in [-0.25, -0.2) is 4.79 Å². The van der Waals surface area contributed by atoms with Crippen molar-refractivity contribution in [2.75, 3.05) is 4.90 Å². The standard InChI is InChI=1S/C13H15NO3/c1-9-5-2-3-6-10(9)14-11(13(16)17)7-4-8-12(14)15/h2-3,5-6,11H,4,7-8H2,1H3,(H,16,17). The third-order valence-corrected chi connectivity index (χ3v) is 3.11. The number of para-hydroxylation sites is 1. The highest BCUT2D eigenvalue weighted by Crippen LogP contribution is 2.28. The van der Waals surface area contributed by atoms with Crippen LogP contribution in [0.4, 0.5) is 5.69 Å². The maximum absolute atomic E-state index is 11.9. The third kappa shape index (κ3) is 2.16. The van der Waals surface area contributed by atoms with Gasteiger partial charge in [0.05, 0.1) is 0 Å². The van der Waals surface area contributed by atoms with Crippen molar-refractivity contribution in [1.29, 1.82) is 0 Å². The molecule has 1 saturated heterocycles. The first-order chi connectivity index (χ1) is 8.11. The lowest BCUT2D eigenvalue weighted by Gasteiger charge is -2.33. The summed E-state index contributed by atoms with van der Waals surface area (Å²) in [6.45, 7) is 1.89. The van der Waals surface area contributed by atoms with Crippen molar-refractivity contribution < 1.29 is 14.7 Å². The summed E-state index contributed by atoms with van der Waals surface area (Å²) in [4.78, 5) is 24.6. The highest BCUT2D eigenvalue weighted by Gasteiger charge is 2.34. The molecular formula is C13H15NO3. The monoisotopic (exact) mass is 233 g/mol. The van der Waals surface area contributed by atoms with Crippen molar-refractivity contribution >= 4 is 17.6 Å². The summed E-state index contributed by atoms with van der Waals surface area (Å²) < 4.78 is 0. The van der Waals surface area contributed by atoms with E-state index in [1.54, 1.807) is 6.07 Å². The molecule has 1 aliphatic heterocycles. The Hall–Kier alpha value is -1.84. The summed E-state index contributed by atoms with van der Waals surface area (Å²) in [6, 6.07) is 6.66. The van der Waals surface area contributed by atoms with E-state index in [1.807, 2.05) is 25.1 Å². The maximum atomic E-state index is 11.9. The van der Waals surface area contributed by atoms with Crippen LogP contribution in [0.25, 0.3) is 0 Å². The molecule has 1 aromatic rings. The van der Waals surface area contributed by atoms with Gasteiger partial charge in [0.2, 0.25) is 5.91 Å². The van der Waals surface area contributed by atoms with Crippen molar-refractivity contribution in [2.45, 2.75) is 32.2 Å². The predicted molar refractivity (Wildman–Crippen MR) is 63.9 cm³/mol. The van der Waals surface area contributed by atoms with Crippen LogP contribution in [0.2, 0.25) is 0 Å². The molecule has 1 aliphatic rings. The molecule has 1 unspecified atom stereocenters. The Morgan fingerprint density at radius 3 is 2.76 bits per heavy atom. The molecule has 1 heterocycles. The zero-order valence-electron chi connectivity index (χ0n) is 9.72. The van der Waals surface area contributed by atoms with Crippen LogP contribution in [0, 0.1) is 6.92 Å². The molecule has 1 N–H and O–H groups in total. The van der Waals surface area contributed by atoms with Crippen LogP contribution in [-0.2, 0) is 9.59 Å². The number of carboxylic acids is 1. The first kappa shape index (κ1) is 11.6. The molecule has 90 valence electrons. The minimum atomic E-state index is -0.929. The molecule has 1 fully saturated rings. The van der Waals surface area contributed by atoms with Crippen molar-refractivity contribution in [3.8, 4) is 0 Å². The van der Waals surface area contributed by atoms with E-state index in [0.717, 1.165) is 5.56 Å². The number of anilines is 1. The van der Waals surface area contributed by atoms with E-state index < -0.39 is 12.0 Å². The minimum Gasteiger partial charge on any atom is -0.480 e. The fourth-order valence-electron chi connectivity index (χ4n) is 2.24. The zero-order chi connectivity index (χ0) is 12.4. The molecule has 0 aliphatic carbocycles. The topological polar surface area (TPSA) is 57.6 Å². The Kier molecular flexibility index (Phi) is 3.13. The van der Waals surface area contributed by atoms with Gasteiger partial charge in [0, 0.05) is 12.1 Å². The van der Waals surface area contributed by atoms with E-state index in [9.17, 15) is 14.7 Å². The van der Waals surface area contributed by atoms with E-state index in [4.69, 9.17) is 0 Å². The normalized spacial score (nSPS) is 20.4. The van der Waals surface area contributed by atoms with Gasteiger partial charge in [-0.15, -0.1) is 0 Å². The van der Waals surface area contributed by atoms with Gasteiger partial charge < -0.3 is 5.11 Å². The number of aryl methyl sites for hydroxylation is 1. The van der Waals surface area contributed by atoms with Crippen molar-refractivity contribution in [2.24, 2.45) is 0 Å². The first-order valence-corrected chi connectivity index (χ1v) is 5.72. The van der Waals surface area contributed by atoms with Gasteiger partial charge in [0.25, 0.3) is 0 Å². The second-order valence-corrected chi connectivity index (χ2v) is 4.30. The van der Waals surface area contributed by atoms with Crippen molar-refractivity contribution in [1.82, 2.24) is 0 Å². The molecule has 0 saturated carbocycles. The Morgan fingerprint density at radius 2 is 2.12 bits per heavy atom. The largest absolute Gasteiger partial charge is 0.480 e. The summed E-state index contributed by atoms with van der Waals surface area (Å²) in [6.07, 6.45) is 1.60. The number of amides is 1. The van der Waals surface area contributed by atoms with E-state index in [1.165, 1.54) is 4.90 Å². The number of nitrogens with zero attached hydrogens (tertiary/aromatic N) is 1. The molecule has 0 radical (unpaired) electrons. The number of hydrogen-bond donors (Lipinski definition) is 1. The third-order valence-electron chi connectivity index (χ3n) is 3.11. The lowest BCUT2D eigenvalue weighted by Crippen LogP contribution is -2.48. The molecule has 4 nitrogen and oxygen atoms in total. The van der Waals surface area contributed by atoms with Crippen LogP contribution in [0.1, 0.15) is 24.8 Å². The van der Waals surface area contributed by atoms with Gasteiger partial charge in [-0.3, -0.25) is 9.69 Å². The second-order valence-electron chi connectivity index (χ2n) is 4.30. The van der Waals surface area contributed by atoms with Gasteiger partial charge in [0.1, 0.15) is 6.04 Å². The summed E-state index contributed by atoms with van der Waals surface area (Å²) >= 11 is 0. The number of hydrogen-bond acceptors (Lipinski definition) is 2. The average molecular weight is 233 g/mol. The number of piperidine rings is 1. The van der Waals surface area contributed by atoms with Crippen molar-refractivity contribution in [3.63, 3.8) is 0 Å². The summed E-state index contributed by atoms with van der Waals surface area (Å²) in [5.74, 6) is -1.03. The molecule has 2 rings (SSSR count). The van der Waals surface area contributed by atoms with Crippen molar-refractivity contribution in [3.05, 3.63) is 29.8 Å². The smallest absolute Gasteiger partial charge is 0.326 e. The highest BCUT2D eigenvalue weighted by molar-refractivity contribution is 6.00. The number of carboxylic acid groups (broad SMARTS) is 1. The molecule has 1 amide bonds. The molecule has 0 spiro atoms. The number of carbonyl (C=O) groups is 2. The SMILES string of the molecule is Cc1ccccc1N1C(=O)CCCC1C(=O)O. The fraction of sp³-hybridized carbons (Fsp3) is 0.385. The van der Waals surface area contributed by atoms with Crippen LogP contribution in [0.5, 0.6) is 0 Å². The lowest BCUT2D eigenvalue weighted by molar-refractivity contribution is -0.141. The van der Waals surface area contributed by atoms with Crippen LogP contribution < -0.4 is 4.90 Å². The molecule has 17 heavy (non-hydrogen) atoms. The van der Waals surface area contributed by atoms with Gasteiger partial charge >= 0.3 is 5.97 Å². The van der Waals surface area contributed by atoms with E-state index in [-0.39, 0.29) is 5.91 Å². The van der Waals surface area contributed by atoms with E-state index >= 15 is 0 Å². The van der Waals surface area contributed by atoms with Gasteiger partial charge in [-0.05, 0) is 31.4 Å². The molecule has 0 bridgehead atoms. The van der Waals surface area contributed by atoms with Crippen LogP contribution in [-0.4, -0.2) is 23.0 Å². The van der Waals surface area contributed by atoms with Gasteiger partial charge in [0.15, 0.2) is 0 Å². The van der Waals surface area contributed by atoms with E-state index in [0.29, 0.717) is 24.9 Å². The van der Waals surface area contributed by atoms with E-state index in [2.05, 4.69) is 0 Å². The summed E-state index contributed by atoms with van der Waals surface area (Å²) in [5, 5.41) is 9.18. The molecule has 4 heteroatoms. The van der Waals surface area contributed by atoms with Gasteiger partial charge in [-0.2, -0.15) is 0 Å². The number of carbonyl (C=O) groups excluding carboxylic acids is 1. The number of benzene rings is 1. The highest BCUT2D eigenvalue weighted by atomic mass is 16.4.